The van der Waals surface area contributed by atoms with Crippen LogP contribution >= 0.6 is 0 Å². The lowest BCUT2D eigenvalue weighted by Crippen LogP contribution is -2.18. The molecule has 1 aromatic rings. The van der Waals surface area contributed by atoms with Crippen LogP contribution < -0.4 is 0 Å². The standard InChI is InChI=1S/C9H14N2O/c1-7-10-5-6-11(7)8-3-2-4-9(8)12/h5-6,8-9,12H,2-4H2,1H3/t8?,9-/m1/s1. The molecule has 12 heavy (non-hydrogen) atoms. The molecule has 2 atom stereocenters. The Morgan fingerprint density at radius 1 is 1.58 bits per heavy atom. The number of aliphatic hydroxyl groups excluding tert-OH is 1. The van der Waals surface area contributed by atoms with Crippen molar-refractivity contribution in [1.82, 2.24) is 9.55 Å². The molecule has 1 aliphatic rings. The van der Waals surface area contributed by atoms with E-state index in [9.17, 15) is 5.11 Å². The molecule has 1 aromatic heterocycles. The van der Waals surface area contributed by atoms with Gasteiger partial charge in [-0.3, -0.25) is 0 Å². The average molecular weight is 166 g/mol. The summed E-state index contributed by atoms with van der Waals surface area (Å²) in [5.41, 5.74) is 0. The van der Waals surface area contributed by atoms with Gasteiger partial charge in [0.25, 0.3) is 0 Å². The van der Waals surface area contributed by atoms with Crippen LogP contribution in [0.2, 0.25) is 0 Å². The van der Waals surface area contributed by atoms with Crippen LogP contribution in [0.5, 0.6) is 0 Å². The molecule has 0 amide bonds. The van der Waals surface area contributed by atoms with E-state index in [4.69, 9.17) is 0 Å². The Hall–Kier alpha value is -0.830. The first-order valence-electron chi connectivity index (χ1n) is 4.46. The van der Waals surface area contributed by atoms with E-state index < -0.39 is 0 Å². The van der Waals surface area contributed by atoms with Crippen LogP contribution in [0.25, 0.3) is 0 Å². The molecular formula is C9H14N2O. The Morgan fingerprint density at radius 2 is 2.42 bits per heavy atom. The summed E-state index contributed by atoms with van der Waals surface area (Å²) in [7, 11) is 0. The first-order valence-corrected chi connectivity index (χ1v) is 4.46. The minimum atomic E-state index is -0.169. The van der Waals surface area contributed by atoms with Crippen molar-refractivity contribution in [2.45, 2.75) is 38.3 Å². The summed E-state index contributed by atoms with van der Waals surface area (Å²) in [5, 5.41) is 9.64. The van der Waals surface area contributed by atoms with E-state index in [-0.39, 0.29) is 12.1 Å². The molecule has 0 bridgehead atoms. The zero-order valence-corrected chi connectivity index (χ0v) is 7.27. The number of hydrogen-bond donors (Lipinski definition) is 1. The summed E-state index contributed by atoms with van der Waals surface area (Å²) in [4.78, 5) is 4.15. The van der Waals surface area contributed by atoms with Gasteiger partial charge in [-0.1, -0.05) is 0 Å². The molecule has 1 aliphatic carbocycles. The molecular weight excluding hydrogens is 152 g/mol. The molecule has 0 radical (unpaired) electrons. The average Bonchev–Trinajstić information content (AvgIpc) is 2.59. The molecule has 1 saturated carbocycles. The second-order valence-electron chi connectivity index (χ2n) is 3.45. The fourth-order valence-electron chi connectivity index (χ4n) is 1.98. The third-order valence-corrected chi connectivity index (χ3v) is 2.66. The predicted molar refractivity (Wildman–Crippen MR) is 45.9 cm³/mol. The molecule has 66 valence electrons. The SMILES string of the molecule is Cc1nccn1C1CCC[C@H]1O. The first kappa shape index (κ1) is 7.80. The third-order valence-electron chi connectivity index (χ3n) is 2.66. The van der Waals surface area contributed by atoms with Crippen molar-refractivity contribution in [2.75, 3.05) is 0 Å². The molecule has 1 fully saturated rings. The number of aromatic nitrogens is 2. The van der Waals surface area contributed by atoms with E-state index in [1.54, 1.807) is 6.20 Å². The summed E-state index contributed by atoms with van der Waals surface area (Å²) in [5.74, 6) is 1.00. The van der Waals surface area contributed by atoms with Gasteiger partial charge in [0.05, 0.1) is 12.1 Å². The van der Waals surface area contributed by atoms with Crippen LogP contribution in [0.3, 0.4) is 0 Å². The van der Waals surface area contributed by atoms with Crippen LogP contribution in [-0.2, 0) is 0 Å². The molecule has 0 aromatic carbocycles. The van der Waals surface area contributed by atoms with Gasteiger partial charge in [-0.2, -0.15) is 0 Å². The van der Waals surface area contributed by atoms with Gasteiger partial charge in [-0.25, -0.2) is 4.98 Å². The van der Waals surface area contributed by atoms with E-state index in [1.807, 2.05) is 13.1 Å². The second-order valence-corrected chi connectivity index (χ2v) is 3.45. The van der Waals surface area contributed by atoms with Crippen LogP contribution in [-0.4, -0.2) is 20.8 Å². The number of aryl methyl sites for hydroxylation is 1. The number of nitrogens with zero attached hydrogens (tertiary/aromatic N) is 2. The smallest absolute Gasteiger partial charge is 0.105 e. The summed E-state index contributed by atoms with van der Waals surface area (Å²) in [6.45, 7) is 1.98. The van der Waals surface area contributed by atoms with Crippen LogP contribution in [0, 0.1) is 6.92 Å². The first-order chi connectivity index (χ1) is 5.79. The Kier molecular flexibility index (Phi) is 1.89. The number of hydrogen-bond acceptors (Lipinski definition) is 2. The lowest BCUT2D eigenvalue weighted by molar-refractivity contribution is 0.135. The van der Waals surface area contributed by atoms with Gasteiger partial charge < -0.3 is 9.67 Å². The quantitative estimate of drug-likeness (QED) is 0.682. The fourth-order valence-corrected chi connectivity index (χ4v) is 1.98. The largest absolute Gasteiger partial charge is 0.391 e. The predicted octanol–water partition coefficient (Wildman–Crippen LogP) is 1.28. The van der Waals surface area contributed by atoms with E-state index in [0.29, 0.717) is 0 Å². The van der Waals surface area contributed by atoms with Gasteiger partial charge in [-0.05, 0) is 26.2 Å². The van der Waals surface area contributed by atoms with Crippen molar-refractivity contribution in [3.05, 3.63) is 18.2 Å². The van der Waals surface area contributed by atoms with Crippen molar-refractivity contribution < 1.29 is 5.11 Å². The zero-order chi connectivity index (χ0) is 8.55. The molecule has 1 N–H and O–H groups in total. The van der Waals surface area contributed by atoms with Crippen molar-refractivity contribution in [3.8, 4) is 0 Å². The summed E-state index contributed by atoms with van der Waals surface area (Å²) in [6.07, 6.45) is 6.72. The second kappa shape index (κ2) is 2.90. The van der Waals surface area contributed by atoms with Crippen molar-refractivity contribution >= 4 is 0 Å². The van der Waals surface area contributed by atoms with Crippen LogP contribution in [0.15, 0.2) is 12.4 Å². The molecule has 3 heteroatoms. The van der Waals surface area contributed by atoms with Gasteiger partial charge in [-0.15, -0.1) is 0 Å². The maximum atomic E-state index is 9.64. The molecule has 0 saturated heterocycles. The monoisotopic (exact) mass is 166 g/mol. The molecule has 1 heterocycles. The Bertz CT molecular complexity index is 269. The highest BCUT2D eigenvalue weighted by molar-refractivity contribution is 4.96. The van der Waals surface area contributed by atoms with E-state index in [2.05, 4.69) is 9.55 Å². The highest BCUT2D eigenvalue weighted by Crippen LogP contribution is 2.30. The number of rotatable bonds is 1. The maximum absolute atomic E-state index is 9.64. The Balaban J connectivity index is 2.24. The molecule has 1 unspecified atom stereocenters. The van der Waals surface area contributed by atoms with E-state index >= 15 is 0 Å². The van der Waals surface area contributed by atoms with Crippen molar-refractivity contribution in [2.24, 2.45) is 0 Å². The molecule has 2 rings (SSSR count). The normalized spacial score (nSPS) is 29.5. The fraction of sp³-hybridized carbons (Fsp3) is 0.667. The molecule has 3 nitrogen and oxygen atoms in total. The topological polar surface area (TPSA) is 38.0 Å². The summed E-state index contributed by atoms with van der Waals surface area (Å²) in [6, 6.07) is 0.271. The lowest BCUT2D eigenvalue weighted by Gasteiger charge is -2.17. The van der Waals surface area contributed by atoms with Gasteiger partial charge in [0, 0.05) is 12.4 Å². The lowest BCUT2D eigenvalue weighted by atomic mass is 10.2. The van der Waals surface area contributed by atoms with Crippen molar-refractivity contribution in [1.29, 1.82) is 0 Å². The van der Waals surface area contributed by atoms with Gasteiger partial charge >= 0.3 is 0 Å². The molecule has 0 spiro atoms. The summed E-state index contributed by atoms with van der Waals surface area (Å²) < 4.78 is 2.08. The Labute approximate surface area is 72.0 Å². The number of aliphatic hydroxyl groups is 1. The van der Waals surface area contributed by atoms with Crippen molar-refractivity contribution in [3.63, 3.8) is 0 Å². The third kappa shape index (κ3) is 1.14. The minimum absolute atomic E-state index is 0.169. The summed E-state index contributed by atoms with van der Waals surface area (Å²) >= 11 is 0. The van der Waals surface area contributed by atoms with Gasteiger partial charge in [0.15, 0.2) is 0 Å². The Morgan fingerprint density at radius 3 is 2.92 bits per heavy atom. The number of imidazole rings is 1. The maximum Gasteiger partial charge on any atom is 0.105 e. The van der Waals surface area contributed by atoms with E-state index in [1.165, 1.54) is 0 Å². The highest BCUT2D eigenvalue weighted by atomic mass is 16.3. The zero-order valence-electron chi connectivity index (χ0n) is 7.27. The molecule has 0 aliphatic heterocycles. The van der Waals surface area contributed by atoms with Crippen LogP contribution in [0.4, 0.5) is 0 Å². The van der Waals surface area contributed by atoms with Crippen LogP contribution in [0.1, 0.15) is 31.1 Å². The highest BCUT2D eigenvalue weighted by Gasteiger charge is 2.26. The van der Waals surface area contributed by atoms with Gasteiger partial charge in [0.2, 0.25) is 0 Å². The van der Waals surface area contributed by atoms with Gasteiger partial charge in [0.1, 0.15) is 5.82 Å². The van der Waals surface area contributed by atoms with E-state index in [0.717, 1.165) is 25.1 Å². The minimum Gasteiger partial charge on any atom is -0.391 e.